The predicted octanol–water partition coefficient (Wildman–Crippen LogP) is 5.34. The van der Waals surface area contributed by atoms with Gasteiger partial charge in [-0.1, -0.05) is 56.2 Å². The molecule has 1 unspecified atom stereocenters. The van der Waals surface area contributed by atoms with Gasteiger partial charge in [0.2, 0.25) is 0 Å². The van der Waals surface area contributed by atoms with E-state index in [2.05, 4.69) is 65.1 Å². The molecule has 1 aromatic heterocycles. The highest BCUT2D eigenvalue weighted by atomic mass is 16.4. The number of carboxylic acids is 1. The number of likely N-dealkylation sites (N-methyl/N-ethyl adjacent to an activating group) is 1. The summed E-state index contributed by atoms with van der Waals surface area (Å²) in [5, 5.41) is 13.0. The van der Waals surface area contributed by atoms with Crippen molar-refractivity contribution in [1.29, 1.82) is 0 Å². The van der Waals surface area contributed by atoms with Crippen molar-refractivity contribution in [3.8, 4) is 0 Å². The van der Waals surface area contributed by atoms with E-state index in [1.165, 1.54) is 37.7 Å². The van der Waals surface area contributed by atoms with Crippen LogP contribution in [-0.2, 0) is 11.2 Å². The van der Waals surface area contributed by atoms with Crippen LogP contribution in [0, 0.1) is 5.92 Å². The summed E-state index contributed by atoms with van der Waals surface area (Å²) in [6.07, 6.45) is 9.40. The highest BCUT2D eigenvalue weighted by molar-refractivity contribution is 5.74. The monoisotopic (exact) mass is 476 g/mol. The van der Waals surface area contributed by atoms with Crippen molar-refractivity contribution < 1.29 is 9.90 Å². The summed E-state index contributed by atoms with van der Waals surface area (Å²) in [7, 11) is 2.11. The first-order valence-corrected chi connectivity index (χ1v) is 13.2. The van der Waals surface area contributed by atoms with E-state index >= 15 is 0 Å². The Morgan fingerprint density at radius 1 is 1.11 bits per heavy atom. The van der Waals surface area contributed by atoms with Crippen LogP contribution in [0.4, 0.5) is 11.6 Å². The lowest BCUT2D eigenvalue weighted by Crippen LogP contribution is -2.37. The first kappa shape index (κ1) is 25.1. The maximum Gasteiger partial charge on any atom is 0.303 e. The Morgan fingerprint density at radius 3 is 2.63 bits per heavy atom. The van der Waals surface area contributed by atoms with Crippen molar-refractivity contribution in [2.45, 2.75) is 63.8 Å². The molecule has 1 saturated carbocycles. The largest absolute Gasteiger partial charge is 0.481 e. The van der Waals surface area contributed by atoms with E-state index in [-0.39, 0.29) is 12.3 Å². The first-order chi connectivity index (χ1) is 17.0. The molecule has 2 fully saturated rings. The van der Waals surface area contributed by atoms with Crippen molar-refractivity contribution in [2.24, 2.45) is 5.92 Å². The second-order valence-electron chi connectivity index (χ2n) is 10.2. The zero-order chi connectivity index (χ0) is 24.6. The van der Waals surface area contributed by atoms with Crippen molar-refractivity contribution in [2.75, 3.05) is 36.5 Å². The van der Waals surface area contributed by atoms with Gasteiger partial charge < -0.3 is 20.2 Å². The van der Waals surface area contributed by atoms with Gasteiger partial charge in [0.15, 0.2) is 0 Å². The predicted molar refractivity (Wildman–Crippen MR) is 144 cm³/mol. The molecule has 1 aliphatic heterocycles. The number of hydrogen-bond donors (Lipinski definition) is 2. The molecule has 2 heterocycles. The van der Waals surface area contributed by atoms with Gasteiger partial charge in [0, 0.05) is 50.4 Å². The highest BCUT2D eigenvalue weighted by Crippen LogP contribution is 2.30. The number of anilines is 2. The van der Waals surface area contributed by atoms with Gasteiger partial charge in [0.1, 0.15) is 11.6 Å². The van der Waals surface area contributed by atoms with Crippen LogP contribution in [0.5, 0.6) is 0 Å². The van der Waals surface area contributed by atoms with E-state index in [0.717, 1.165) is 61.8 Å². The van der Waals surface area contributed by atoms with Crippen molar-refractivity contribution >= 4 is 23.3 Å². The molecule has 2 aliphatic rings. The van der Waals surface area contributed by atoms with E-state index in [0.29, 0.717) is 6.04 Å². The molecule has 2 N–H and O–H groups in total. The fraction of sp³-hybridized carbons (Fsp3) is 0.517. The molecule has 1 atom stereocenters. The van der Waals surface area contributed by atoms with E-state index in [4.69, 9.17) is 4.98 Å². The molecule has 0 amide bonds. The number of aromatic nitrogens is 1. The lowest BCUT2D eigenvalue weighted by molar-refractivity contribution is -0.138. The molecule has 0 radical (unpaired) electrons. The summed E-state index contributed by atoms with van der Waals surface area (Å²) in [5.41, 5.74) is 3.30. The van der Waals surface area contributed by atoms with Gasteiger partial charge in [-0.05, 0) is 55.7 Å². The average molecular weight is 477 g/mol. The van der Waals surface area contributed by atoms with E-state index in [1.807, 2.05) is 6.07 Å². The SMILES string of the molecule is C=C(NC1CCCCC1)c1ccc(N2CCCC(CC(=O)O)C2)nc1N(C)CCc1ccccc1. The van der Waals surface area contributed by atoms with Gasteiger partial charge in [-0.15, -0.1) is 0 Å². The quantitative estimate of drug-likeness (QED) is 0.482. The van der Waals surface area contributed by atoms with Gasteiger partial charge in [-0.2, -0.15) is 0 Å². The Balaban J connectivity index is 1.54. The topological polar surface area (TPSA) is 68.7 Å². The molecule has 188 valence electrons. The van der Waals surface area contributed by atoms with Gasteiger partial charge in [0.05, 0.1) is 0 Å². The maximum atomic E-state index is 11.3. The molecule has 6 nitrogen and oxygen atoms in total. The van der Waals surface area contributed by atoms with Crippen molar-refractivity contribution in [1.82, 2.24) is 10.3 Å². The fourth-order valence-corrected chi connectivity index (χ4v) is 5.45. The molecule has 2 aromatic rings. The third-order valence-electron chi connectivity index (χ3n) is 7.42. The third kappa shape index (κ3) is 7.00. The zero-order valence-corrected chi connectivity index (χ0v) is 21.1. The molecular weight excluding hydrogens is 436 g/mol. The van der Waals surface area contributed by atoms with Gasteiger partial charge in [0.25, 0.3) is 0 Å². The van der Waals surface area contributed by atoms with Crippen LogP contribution in [0.25, 0.3) is 5.70 Å². The van der Waals surface area contributed by atoms with Crippen LogP contribution < -0.4 is 15.1 Å². The van der Waals surface area contributed by atoms with Crippen LogP contribution in [-0.4, -0.2) is 48.8 Å². The molecule has 0 spiro atoms. The van der Waals surface area contributed by atoms with E-state index in [9.17, 15) is 9.90 Å². The summed E-state index contributed by atoms with van der Waals surface area (Å²) >= 11 is 0. The Labute approximate surface area is 210 Å². The number of nitrogens with zero attached hydrogens (tertiary/aromatic N) is 3. The average Bonchev–Trinajstić information content (AvgIpc) is 2.88. The van der Waals surface area contributed by atoms with Crippen LogP contribution in [0.15, 0.2) is 49.0 Å². The van der Waals surface area contributed by atoms with Crippen molar-refractivity contribution in [3.05, 3.63) is 60.2 Å². The minimum atomic E-state index is -0.716. The molecule has 1 aromatic carbocycles. The molecule has 1 saturated heterocycles. The summed E-state index contributed by atoms with van der Waals surface area (Å²) in [5.74, 6) is 1.32. The Morgan fingerprint density at radius 2 is 1.89 bits per heavy atom. The second kappa shape index (κ2) is 12.1. The van der Waals surface area contributed by atoms with Crippen LogP contribution >= 0.6 is 0 Å². The molecular formula is C29H40N4O2. The van der Waals surface area contributed by atoms with Crippen LogP contribution in [0.3, 0.4) is 0 Å². The first-order valence-electron chi connectivity index (χ1n) is 13.2. The molecule has 6 heteroatoms. The number of piperidine rings is 1. The van der Waals surface area contributed by atoms with Crippen molar-refractivity contribution in [3.63, 3.8) is 0 Å². The normalized spacial score (nSPS) is 18.8. The van der Waals surface area contributed by atoms with Gasteiger partial charge in [-0.3, -0.25) is 4.79 Å². The number of benzene rings is 1. The van der Waals surface area contributed by atoms with Gasteiger partial charge in [-0.25, -0.2) is 4.98 Å². The molecule has 35 heavy (non-hydrogen) atoms. The van der Waals surface area contributed by atoms with E-state index < -0.39 is 5.97 Å². The van der Waals surface area contributed by atoms with Crippen LogP contribution in [0.1, 0.15) is 62.5 Å². The fourth-order valence-electron chi connectivity index (χ4n) is 5.45. The Kier molecular flexibility index (Phi) is 8.67. The molecule has 1 aliphatic carbocycles. The number of hydrogen-bond acceptors (Lipinski definition) is 5. The molecule has 0 bridgehead atoms. The molecule has 4 rings (SSSR count). The maximum absolute atomic E-state index is 11.3. The third-order valence-corrected chi connectivity index (χ3v) is 7.42. The number of rotatable bonds is 10. The van der Waals surface area contributed by atoms with Crippen LogP contribution in [0.2, 0.25) is 0 Å². The Hall–Kier alpha value is -3.02. The smallest absolute Gasteiger partial charge is 0.303 e. The van der Waals surface area contributed by atoms with E-state index in [1.54, 1.807) is 0 Å². The lowest BCUT2D eigenvalue weighted by atomic mass is 9.94. The number of nitrogens with one attached hydrogen (secondary N) is 1. The van der Waals surface area contributed by atoms with Gasteiger partial charge >= 0.3 is 5.97 Å². The summed E-state index contributed by atoms with van der Waals surface area (Å²) in [4.78, 5) is 20.9. The number of aliphatic carboxylic acids is 1. The minimum absolute atomic E-state index is 0.171. The number of carbonyl (C=O) groups is 1. The highest BCUT2D eigenvalue weighted by Gasteiger charge is 2.25. The number of pyridine rings is 1. The number of carboxylic acid groups (broad SMARTS) is 1. The minimum Gasteiger partial charge on any atom is -0.481 e. The summed E-state index contributed by atoms with van der Waals surface area (Å²) < 4.78 is 0. The summed E-state index contributed by atoms with van der Waals surface area (Å²) in [6.45, 7) is 6.92. The second-order valence-corrected chi connectivity index (χ2v) is 10.2. The lowest BCUT2D eigenvalue weighted by Gasteiger charge is -2.34. The Bertz CT molecular complexity index is 987. The summed E-state index contributed by atoms with van der Waals surface area (Å²) in [6, 6.07) is 15.3. The zero-order valence-electron chi connectivity index (χ0n) is 21.1. The standard InChI is InChI=1S/C29H40N4O2/c1-22(30-25-13-7-4-8-14-25)26-15-16-27(33-18-9-12-24(21-33)20-28(34)35)31-29(26)32(2)19-17-23-10-5-3-6-11-23/h3,5-6,10-11,15-16,24-25,30H,1,4,7-9,12-14,17-21H2,2H3,(H,34,35).